The molecule has 0 fully saturated rings. The highest BCUT2D eigenvalue weighted by molar-refractivity contribution is 5.96. The summed E-state index contributed by atoms with van der Waals surface area (Å²) in [6.45, 7) is 0. The van der Waals surface area contributed by atoms with E-state index in [1.807, 2.05) is 6.07 Å². The van der Waals surface area contributed by atoms with Gasteiger partial charge in [-0.15, -0.1) is 0 Å². The second kappa shape index (κ2) is 7.09. The molecule has 0 aliphatic carbocycles. The predicted molar refractivity (Wildman–Crippen MR) is 81.9 cm³/mol. The molecular weight excluding hydrogens is 296 g/mol. The Labute approximate surface area is 132 Å². The topological polar surface area (TPSA) is 110 Å². The van der Waals surface area contributed by atoms with E-state index in [2.05, 4.69) is 5.32 Å². The van der Waals surface area contributed by atoms with Crippen LogP contribution in [0.15, 0.2) is 48.5 Å². The van der Waals surface area contributed by atoms with Crippen molar-refractivity contribution in [1.29, 1.82) is 5.26 Å². The van der Waals surface area contributed by atoms with Gasteiger partial charge in [0.25, 0.3) is 5.91 Å². The van der Waals surface area contributed by atoms with Crippen LogP contribution in [0.3, 0.4) is 0 Å². The standard InChI is InChI=1S/C17H14N2O4/c18-10-12-1-5-13(6-2-12)16(21)19-15(17(22)23)9-11-3-7-14(20)8-4-11/h1-8,15,20H,9H2,(H,19,21)(H,22,23)/t15-/m1/s1. The molecule has 0 spiro atoms. The van der Waals surface area contributed by atoms with Crippen LogP contribution < -0.4 is 5.32 Å². The van der Waals surface area contributed by atoms with E-state index in [1.165, 1.54) is 36.4 Å². The third-order valence-electron chi connectivity index (χ3n) is 3.26. The van der Waals surface area contributed by atoms with Crippen LogP contribution in [0, 0.1) is 11.3 Å². The fourth-order valence-corrected chi connectivity index (χ4v) is 2.01. The van der Waals surface area contributed by atoms with E-state index < -0.39 is 17.9 Å². The summed E-state index contributed by atoms with van der Waals surface area (Å²) in [4.78, 5) is 23.4. The van der Waals surface area contributed by atoms with Crippen LogP contribution in [0.1, 0.15) is 21.5 Å². The van der Waals surface area contributed by atoms with Gasteiger partial charge in [-0.1, -0.05) is 12.1 Å². The number of carboxylic acid groups (broad SMARTS) is 1. The maximum absolute atomic E-state index is 12.1. The molecule has 116 valence electrons. The summed E-state index contributed by atoms with van der Waals surface area (Å²) in [7, 11) is 0. The third kappa shape index (κ3) is 4.32. The molecule has 0 aromatic heterocycles. The lowest BCUT2D eigenvalue weighted by Crippen LogP contribution is -2.42. The average molecular weight is 310 g/mol. The zero-order valence-corrected chi connectivity index (χ0v) is 12.1. The summed E-state index contributed by atoms with van der Waals surface area (Å²) < 4.78 is 0. The molecule has 2 aromatic rings. The number of amides is 1. The van der Waals surface area contributed by atoms with Crippen LogP contribution in [0.4, 0.5) is 0 Å². The van der Waals surface area contributed by atoms with Gasteiger partial charge >= 0.3 is 5.97 Å². The molecule has 2 aromatic carbocycles. The first-order valence-electron chi connectivity index (χ1n) is 6.81. The number of carbonyl (C=O) groups is 2. The molecule has 0 saturated carbocycles. The number of aliphatic carboxylic acids is 1. The summed E-state index contributed by atoms with van der Waals surface area (Å²) in [6.07, 6.45) is 0.0949. The molecule has 0 radical (unpaired) electrons. The van der Waals surface area contributed by atoms with Crippen molar-refractivity contribution in [1.82, 2.24) is 5.32 Å². The first-order chi connectivity index (χ1) is 11.0. The minimum atomic E-state index is -1.15. The molecule has 0 aliphatic rings. The van der Waals surface area contributed by atoms with E-state index >= 15 is 0 Å². The van der Waals surface area contributed by atoms with E-state index in [0.29, 0.717) is 11.1 Å². The van der Waals surface area contributed by atoms with Crippen molar-refractivity contribution in [2.75, 3.05) is 0 Å². The van der Waals surface area contributed by atoms with E-state index in [9.17, 15) is 19.8 Å². The van der Waals surface area contributed by atoms with Crippen molar-refractivity contribution in [3.8, 4) is 11.8 Å². The number of benzene rings is 2. The number of carbonyl (C=O) groups excluding carboxylic acids is 1. The van der Waals surface area contributed by atoms with Crippen LogP contribution >= 0.6 is 0 Å². The Hall–Kier alpha value is -3.33. The maximum Gasteiger partial charge on any atom is 0.326 e. The Balaban J connectivity index is 2.09. The average Bonchev–Trinajstić information content (AvgIpc) is 2.56. The largest absolute Gasteiger partial charge is 0.508 e. The van der Waals surface area contributed by atoms with E-state index in [0.717, 1.165) is 0 Å². The second-order valence-corrected chi connectivity index (χ2v) is 4.92. The number of phenolic OH excluding ortho intramolecular Hbond substituents is 1. The normalized spacial score (nSPS) is 11.3. The number of carboxylic acids is 1. The van der Waals surface area contributed by atoms with Crippen molar-refractivity contribution in [3.63, 3.8) is 0 Å². The van der Waals surface area contributed by atoms with Crippen molar-refractivity contribution in [2.24, 2.45) is 0 Å². The number of nitriles is 1. The van der Waals surface area contributed by atoms with Gasteiger partial charge in [0, 0.05) is 12.0 Å². The number of nitrogens with one attached hydrogen (secondary N) is 1. The number of rotatable bonds is 5. The zero-order chi connectivity index (χ0) is 16.8. The van der Waals surface area contributed by atoms with Gasteiger partial charge in [-0.05, 0) is 42.0 Å². The number of hydrogen-bond donors (Lipinski definition) is 3. The van der Waals surface area contributed by atoms with E-state index in [4.69, 9.17) is 5.26 Å². The summed E-state index contributed by atoms with van der Waals surface area (Å²) in [5.74, 6) is -1.59. The van der Waals surface area contributed by atoms with Crippen LogP contribution in [0.25, 0.3) is 0 Å². The van der Waals surface area contributed by atoms with Crippen LogP contribution in [-0.2, 0) is 11.2 Å². The van der Waals surface area contributed by atoms with Crippen molar-refractivity contribution < 1.29 is 19.8 Å². The molecule has 0 heterocycles. The molecule has 3 N–H and O–H groups in total. The summed E-state index contributed by atoms with van der Waals surface area (Å²) in [6, 6.07) is 12.9. The Kier molecular flexibility index (Phi) is 4.95. The lowest BCUT2D eigenvalue weighted by atomic mass is 10.0. The van der Waals surface area contributed by atoms with Gasteiger partial charge in [0.2, 0.25) is 0 Å². The molecule has 6 nitrogen and oxygen atoms in total. The number of nitrogens with zero attached hydrogens (tertiary/aromatic N) is 1. The maximum atomic E-state index is 12.1. The molecule has 0 aliphatic heterocycles. The number of aromatic hydroxyl groups is 1. The highest BCUT2D eigenvalue weighted by atomic mass is 16.4. The van der Waals surface area contributed by atoms with Gasteiger partial charge in [-0.2, -0.15) is 5.26 Å². The second-order valence-electron chi connectivity index (χ2n) is 4.92. The minimum absolute atomic E-state index is 0.0854. The highest BCUT2D eigenvalue weighted by Crippen LogP contribution is 2.12. The fraction of sp³-hybridized carbons (Fsp3) is 0.118. The Bertz CT molecular complexity index is 746. The predicted octanol–water partition coefficient (Wildman–Crippen LogP) is 1.69. The van der Waals surface area contributed by atoms with Gasteiger partial charge in [0.05, 0.1) is 11.6 Å². The van der Waals surface area contributed by atoms with Crippen LogP contribution in [-0.4, -0.2) is 28.1 Å². The molecule has 0 unspecified atom stereocenters. The molecule has 23 heavy (non-hydrogen) atoms. The minimum Gasteiger partial charge on any atom is -0.508 e. The first-order valence-corrected chi connectivity index (χ1v) is 6.81. The smallest absolute Gasteiger partial charge is 0.326 e. The van der Waals surface area contributed by atoms with Gasteiger partial charge in [-0.3, -0.25) is 4.79 Å². The Morgan fingerprint density at radius 1 is 1.09 bits per heavy atom. The van der Waals surface area contributed by atoms with E-state index in [-0.39, 0.29) is 17.7 Å². The van der Waals surface area contributed by atoms with Crippen molar-refractivity contribution in [3.05, 3.63) is 65.2 Å². The number of hydrogen-bond acceptors (Lipinski definition) is 4. The Morgan fingerprint density at radius 2 is 1.70 bits per heavy atom. The van der Waals surface area contributed by atoms with Crippen LogP contribution in [0.2, 0.25) is 0 Å². The molecule has 0 saturated heterocycles. The molecule has 1 amide bonds. The summed E-state index contributed by atoms with van der Waals surface area (Å²) in [5.41, 5.74) is 1.37. The quantitative estimate of drug-likeness (QED) is 0.778. The lowest BCUT2D eigenvalue weighted by molar-refractivity contribution is -0.139. The van der Waals surface area contributed by atoms with Crippen LogP contribution in [0.5, 0.6) is 5.75 Å². The summed E-state index contributed by atoms with van der Waals surface area (Å²) in [5, 5.41) is 29.7. The number of phenols is 1. The Morgan fingerprint density at radius 3 is 2.22 bits per heavy atom. The molecule has 2 rings (SSSR count). The van der Waals surface area contributed by atoms with Gasteiger partial charge in [0.15, 0.2) is 0 Å². The molecule has 0 bridgehead atoms. The molecule has 6 heteroatoms. The van der Waals surface area contributed by atoms with E-state index in [1.54, 1.807) is 12.1 Å². The molecular formula is C17H14N2O4. The van der Waals surface area contributed by atoms with Gasteiger partial charge in [-0.25, -0.2) is 4.79 Å². The lowest BCUT2D eigenvalue weighted by Gasteiger charge is -2.15. The summed E-state index contributed by atoms with van der Waals surface area (Å²) >= 11 is 0. The fourth-order valence-electron chi connectivity index (χ4n) is 2.01. The van der Waals surface area contributed by atoms with Crippen molar-refractivity contribution >= 4 is 11.9 Å². The van der Waals surface area contributed by atoms with Gasteiger partial charge < -0.3 is 15.5 Å². The SMILES string of the molecule is N#Cc1ccc(C(=O)N[C@H](Cc2ccc(O)cc2)C(=O)O)cc1. The first kappa shape index (κ1) is 16.0. The molecule has 1 atom stereocenters. The van der Waals surface area contributed by atoms with Crippen molar-refractivity contribution in [2.45, 2.75) is 12.5 Å². The third-order valence-corrected chi connectivity index (χ3v) is 3.26. The monoisotopic (exact) mass is 310 g/mol. The highest BCUT2D eigenvalue weighted by Gasteiger charge is 2.21. The van der Waals surface area contributed by atoms with Gasteiger partial charge in [0.1, 0.15) is 11.8 Å². The zero-order valence-electron chi connectivity index (χ0n) is 12.1.